The fourth-order valence-corrected chi connectivity index (χ4v) is 6.34. The first-order chi connectivity index (χ1) is 53.6. The Labute approximate surface area is 673 Å². The molecule has 0 aliphatic carbocycles. The summed E-state index contributed by atoms with van der Waals surface area (Å²) in [6.07, 6.45) is 2.56. The van der Waals surface area contributed by atoms with E-state index in [9.17, 15) is 91.5 Å². The number of nitrogens with one attached hydrogen (secondary N) is 4. The number of non-ortho nitro benzene ring substituents is 3. The van der Waals surface area contributed by atoms with E-state index in [1.165, 1.54) is 103 Å². The Hall–Kier alpha value is -11.9. The Morgan fingerprint density at radius 1 is 0.487 bits per heavy atom. The minimum atomic E-state index is -5.08. The lowest BCUT2D eigenvalue weighted by Crippen LogP contribution is -2.43. The molecule has 0 aliphatic heterocycles. The van der Waals surface area contributed by atoms with Gasteiger partial charge in [0.1, 0.15) is 73.0 Å². The van der Waals surface area contributed by atoms with Crippen LogP contribution in [-0.4, -0.2) is 200 Å². The van der Waals surface area contributed by atoms with Crippen LogP contribution >= 0.6 is 34.8 Å². The molecule has 40 nitrogen and oxygen atoms in total. The third kappa shape index (κ3) is 75.9. The average molecular weight is 1710 g/mol. The largest absolute Gasteiger partial charge is 0.514 e. The summed E-state index contributed by atoms with van der Waals surface area (Å²) in [5.74, 6) is -5.42. The number of carboxylic acids is 4. The molecule has 0 heterocycles. The van der Waals surface area contributed by atoms with Gasteiger partial charge in [0.05, 0.1) is 26.7 Å². The molecule has 0 spiro atoms. The topological polar surface area (TPSA) is 602 Å². The Morgan fingerprint density at radius 2 is 0.765 bits per heavy atom. The number of alkyl carbamates (subject to hydrolysis) is 4. The number of nitro benzene ring substituents is 3. The predicted octanol–water partition coefficient (Wildman–Crippen LogP) is 12.8. The molecule has 0 bridgehead atoms. The standard InChI is InChI=1S/C15H26N2O6.C11H22N2O4.C10H18N2O4.2C10H9NO5.C7H4ClNO4.C3H6O.C2HF3O2.CH2Cl2/c1-5-10-22-13(20)16-9-7-6-8-11(12(18)19)17-14(21)23-15(2,3)4;1-11(2,3)17-10(16)13-8(9(14)15)6-4-5-7-12;1-2-7-16-10(15)12-6-4-3-5-8(11)9(13)14;2*1-2-7-15-10(12)16-9-5-3-8(4-6-9)11(13)14;8-7(10)13-6-3-1-5(2-4-6)9(11)12;1-2-3-4;3-2(4,5)1(6)7;2-1-3/h5,11H,1,6-10H2,2-4H3,(H,16,20)(H,17,21)(H,18,19);8H,4-7,12H2,1-3H3,(H,13,16)(H,14,15);2,8H,1,3-7,11H2,(H,12,15)(H,13,14);2*2-6H,1,7H2;1-4H;2,4H,1,3H2;(H,6,7);1H2/t11-;2*8-;;;;;;/m000....../s1. The molecule has 0 aromatic heterocycles. The molecule has 3 atom stereocenters. The predicted molar refractivity (Wildman–Crippen MR) is 410 cm³/mol. The number of unbranched alkanes of at least 4 members (excludes halogenated alkanes) is 3. The molecule has 3 aromatic rings. The second-order valence-corrected chi connectivity index (χ2v) is 23.9. The van der Waals surface area contributed by atoms with Crippen LogP contribution in [0, 0.1) is 30.3 Å². The van der Waals surface area contributed by atoms with E-state index < -0.39 is 116 Å². The van der Waals surface area contributed by atoms with Crippen LogP contribution in [0.1, 0.15) is 99.3 Å². The summed E-state index contributed by atoms with van der Waals surface area (Å²) in [5, 5.41) is 82.2. The van der Waals surface area contributed by atoms with Gasteiger partial charge in [-0.3, -0.25) is 35.1 Å². The molecule has 0 radical (unpaired) electrons. The van der Waals surface area contributed by atoms with Gasteiger partial charge in [0.25, 0.3) is 17.1 Å². The van der Waals surface area contributed by atoms with E-state index in [2.05, 4.69) is 73.1 Å². The highest BCUT2D eigenvalue weighted by Gasteiger charge is 2.38. The smallest absolute Gasteiger partial charge is 0.480 e. The highest BCUT2D eigenvalue weighted by atomic mass is 35.5. The van der Waals surface area contributed by atoms with Crippen LogP contribution in [0.3, 0.4) is 0 Å². The fraction of sp³-hybridized carbons (Fsp3) is 0.435. The summed E-state index contributed by atoms with van der Waals surface area (Å²) in [6.45, 7) is 28.8. The van der Waals surface area contributed by atoms with Crippen LogP contribution < -0.4 is 46.9 Å². The van der Waals surface area contributed by atoms with Crippen molar-refractivity contribution < 1.29 is 149 Å². The minimum Gasteiger partial charge on any atom is -0.480 e. The van der Waals surface area contributed by atoms with Gasteiger partial charge in [-0.05, 0) is 142 Å². The summed E-state index contributed by atoms with van der Waals surface area (Å²) < 4.78 is 74.1. The van der Waals surface area contributed by atoms with Crippen molar-refractivity contribution >= 4 is 118 Å². The van der Waals surface area contributed by atoms with Crippen LogP contribution in [0.4, 0.5) is 63.8 Å². The zero-order valence-corrected chi connectivity index (χ0v) is 65.7. The number of hydrogen-bond acceptors (Lipinski definition) is 29. The van der Waals surface area contributed by atoms with Gasteiger partial charge < -0.3 is 101 Å². The lowest BCUT2D eigenvalue weighted by Gasteiger charge is -2.22. The maximum atomic E-state index is 11.6. The van der Waals surface area contributed by atoms with Crippen molar-refractivity contribution in [1.82, 2.24) is 21.3 Å². The van der Waals surface area contributed by atoms with Crippen LogP contribution in [0.25, 0.3) is 0 Å². The van der Waals surface area contributed by atoms with Crippen LogP contribution in [0.2, 0.25) is 0 Å². The van der Waals surface area contributed by atoms with Gasteiger partial charge in [0, 0.05) is 61.1 Å². The Kier molecular flexibility index (Phi) is 68.2. The Morgan fingerprint density at radius 3 is 1.00 bits per heavy atom. The van der Waals surface area contributed by atoms with Gasteiger partial charge in [-0.1, -0.05) is 56.7 Å². The number of carbonyl (C=O) groups excluding carboxylic acids is 7. The van der Waals surface area contributed by atoms with Crippen molar-refractivity contribution in [3.63, 3.8) is 0 Å². The number of rotatable bonds is 34. The minimum absolute atomic E-state index is 0.0474. The highest BCUT2D eigenvalue weighted by molar-refractivity contribution is 6.61. The summed E-state index contributed by atoms with van der Waals surface area (Å²) in [7, 11) is 0. The molecule has 3 rings (SSSR count). The maximum absolute atomic E-state index is 11.6. The molecule has 0 saturated carbocycles. The van der Waals surface area contributed by atoms with E-state index in [0.717, 1.165) is 6.42 Å². The van der Waals surface area contributed by atoms with Gasteiger partial charge >= 0.3 is 72.2 Å². The van der Waals surface area contributed by atoms with Crippen molar-refractivity contribution in [3.8, 4) is 17.2 Å². The molecule has 13 N–H and O–H groups in total. The molecule has 115 heavy (non-hydrogen) atoms. The number of aliphatic hydroxyl groups excluding tert-OH is 1. The average Bonchev–Trinajstić information content (AvgIpc) is 0.902. The molecule has 3 aromatic carbocycles. The normalized spacial score (nSPS) is 10.6. The number of aliphatic hydroxyl groups is 1. The summed E-state index contributed by atoms with van der Waals surface area (Å²) in [5.41, 5.74) is 8.08. The van der Waals surface area contributed by atoms with Crippen molar-refractivity contribution in [1.29, 1.82) is 0 Å². The second-order valence-electron chi connectivity index (χ2n) is 22.8. The molecule has 0 saturated heterocycles. The zero-order valence-electron chi connectivity index (χ0n) is 63.4. The van der Waals surface area contributed by atoms with Crippen LogP contribution in [0.5, 0.6) is 17.2 Å². The SMILES string of the molecule is C=CCO.C=CCOC(=O)NCCCC[C@H](N)C(=O)O.C=CCOC(=O)NCCCC[C@H](NC(=O)OC(C)(C)C)C(=O)O.C=CCOC(=O)Oc1ccc([N+](=O)[O-])cc1.C=CCOC(=O)Oc1ccc([N+](=O)[O-])cc1.CC(C)(C)OC(=O)N[C@@H](CCCCN)C(=O)O.ClCCl.O=C(Cl)Oc1ccc([N+](=O)[O-])cc1.O=C(O)C(F)(F)F. The monoisotopic (exact) mass is 1710 g/mol. The van der Waals surface area contributed by atoms with Gasteiger partial charge in [0.2, 0.25) is 0 Å². The van der Waals surface area contributed by atoms with Crippen LogP contribution in [0.15, 0.2) is 136 Å². The number of hydrogen-bond donors (Lipinski definition) is 11. The first-order valence-corrected chi connectivity index (χ1v) is 34.4. The summed E-state index contributed by atoms with van der Waals surface area (Å²) in [6, 6.07) is 12.4. The molecule has 0 unspecified atom stereocenters. The number of carbonyl (C=O) groups is 11. The van der Waals surface area contributed by atoms with E-state index in [-0.39, 0.29) is 79.1 Å². The lowest BCUT2D eigenvalue weighted by atomic mass is 10.1. The molecule has 0 aliphatic rings. The summed E-state index contributed by atoms with van der Waals surface area (Å²) in [4.78, 5) is 148. The number of ether oxygens (including phenoxy) is 9. The van der Waals surface area contributed by atoms with Crippen molar-refractivity contribution in [2.24, 2.45) is 11.5 Å². The van der Waals surface area contributed by atoms with E-state index in [1.54, 1.807) is 41.5 Å². The first kappa shape index (κ1) is 114. The number of carboxylic acid groups (broad SMARTS) is 4. The molecule has 646 valence electrons. The van der Waals surface area contributed by atoms with Crippen LogP contribution in [-0.2, 0) is 47.6 Å². The van der Waals surface area contributed by atoms with Gasteiger partial charge in [-0.2, -0.15) is 13.2 Å². The molecule has 0 fully saturated rings. The lowest BCUT2D eigenvalue weighted by molar-refractivity contribution is -0.385. The molecule has 46 heteroatoms. The van der Waals surface area contributed by atoms with E-state index in [1.807, 2.05) is 0 Å². The van der Waals surface area contributed by atoms with E-state index in [4.69, 9.17) is 100 Å². The number of nitro groups is 3. The van der Waals surface area contributed by atoms with Crippen molar-refractivity contribution in [3.05, 3.63) is 166 Å². The molecule has 4 amide bonds. The number of aliphatic carboxylic acids is 4. The first-order valence-electron chi connectivity index (χ1n) is 32.9. The maximum Gasteiger partial charge on any atom is 0.514 e. The number of alkyl halides is 5. The van der Waals surface area contributed by atoms with Gasteiger partial charge in [0.15, 0.2) is 0 Å². The zero-order chi connectivity index (χ0) is 89.7. The Balaban J connectivity index is -0.000000301. The fourth-order valence-electron chi connectivity index (χ4n) is 6.25. The number of benzene rings is 3. The van der Waals surface area contributed by atoms with E-state index in [0.29, 0.717) is 64.6 Å². The number of nitrogens with two attached hydrogens (primary N) is 2. The van der Waals surface area contributed by atoms with Crippen molar-refractivity contribution in [2.75, 3.05) is 58.0 Å². The van der Waals surface area contributed by atoms with Gasteiger partial charge in [-0.25, -0.2) is 47.9 Å². The number of nitrogens with zero attached hydrogens (tertiary/aromatic N) is 3. The summed E-state index contributed by atoms with van der Waals surface area (Å²) >= 11 is 14.4. The third-order valence-corrected chi connectivity index (χ3v) is 11.1. The van der Waals surface area contributed by atoms with E-state index >= 15 is 0 Å². The quantitative estimate of drug-likeness (QED) is 0.00304. The third-order valence-electron chi connectivity index (χ3n) is 11.1. The second kappa shape index (κ2) is 68.8. The highest BCUT2D eigenvalue weighted by Crippen LogP contribution is 2.21. The number of amides is 4. The Bertz CT molecular complexity index is 3370. The number of halogens is 6. The molecular formula is C69H97Cl3F3N9O31. The van der Waals surface area contributed by atoms with Gasteiger partial charge in [-0.15, -0.1) is 29.8 Å². The molecular weight excluding hydrogens is 1610 g/mol. The van der Waals surface area contributed by atoms with Crippen molar-refractivity contribution in [2.45, 2.75) is 135 Å².